The molecule has 1 aromatic heterocycles. The third kappa shape index (κ3) is 2.07. The van der Waals surface area contributed by atoms with E-state index in [4.69, 9.17) is 10.5 Å². The molecule has 1 atom stereocenters. The highest BCUT2D eigenvalue weighted by Crippen LogP contribution is 2.15. The number of rotatable bonds is 3. The molecule has 2 heterocycles. The standard InChI is InChI=1S/C10H16N4O2/c1-14-4-3-12-8(14)6-13-9(15)10(11)2-5-16-7-10/h3-4H,2,5-7,11H2,1H3,(H,13,15). The molecule has 1 aliphatic rings. The second kappa shape index (κ2) is 4.23. The summed E-state index contributed by atoms with van der Waals surface area (Å²) in [5, 5.41) is 2.78. The molecule has 0 aliphatic carbocycles. The molecular weight excluding hydrogens is 208 g/mol. The van der Waals surface area contributed by atoms with Crippen molar-refractivity contribution in [2.24, 2.45) is 12.8 Å². The van der Waals surface area contributed by atoms with E-state index in [0.717, 1.165) is 5.82 Å². The molecule has 1 saturated heterocycles. The second-order valence-corrected chi connectivity index (χ2v) is 4.10. The summed E-state index contributed by atoms with van der Waals surface area (Å²) in [6.07, 6.45) is 4.09. The van der Waals surface area contributed by atoms with Gasteiger partial charge in [-0.1, -0.05) is 0 Å². The van der Waals surface area contributed by atoms with Crippen molar-refractivity contribution in [2.45, 2.75) is 18.5 Å². The number of nitrogens with two attached hydrogens (primary N) is 1. The number of aromatic nitrogens is 2. The highest BCUT2D eigenvalue weighted by molar-refractivity contribution is 5.86. The van der Waals surface area contributed by atoms with Gasteiger partial charge in [-0.15, -0.1) is 0 Å². The predicted octanol–water partition coefficient (Wildman–Crippen LogP) is -0.846. The number of amides is 1. The van der Waals surface area contributed by atoms with Gasteiger partial charge in [-0.05, 0) is 6.42 Å². The minimum absolute atomic E-state index is 0.173. The Morgan fingerprint density at radius 2 is 2.62 bits per heavy atom. The number of aryl methyl sites for hydroxylation is 1. The molecule has 3 N–H and O–H groups in total. The van der Waals surface area contributed by atoms with Gasteiger partial charge in [0.25, 0.3) is 0 Å². The van der Waals surface area contributed by atoms with Crippen molar-refractivity contribution in [2.75, 3.05) is 13.2 Å². The molecule has 1 fully saturated rings. The molecule has 6 heteroatoms. The van der Waals surface area contributed by atoms with Crippen LogP contribution in [-0.4, -0.2) is 34.2 Å². The van der Waals surface area contributed by atoms with E-state index in [1.54, 1.807) is 6.20 Å². The zero-order valence-electron chi connectivity index (χ0n) is 9.27. The van der Waals surface area contributed by atoms with Crippen LogP contribution in [0.3, 0.4) is 0 Å². The number of ether oxygens (including phenoxy) is 1. The Bertz CT molecular complexity index is 382. The molecule has 0 saturated carbocycles. The number of nitrogens with zero attached hydrogens (tertiary/aromatic N) is 2. The molecule has 1 aromatic rings. The van der Waals surface area contributed by atoms with E-state index in [1.165, 1.54) is 0 Å². The van der Waals surface area contributed by atoms with Gasteiger partial charge >= 0.3 is 0 Å². The molecule has 1 amide bonds. The lowest BCUT2D eigenvalue weighted by Crippen LogP contribution is -2.54. The Morgan fingerprint density at radius 1 is 1.81 bits per heavy atom. The van der Waals surface area contributed by atoms with Gasteiger partial charge in [-0.3, -0.25) is 4.79 Å². The number of nitrogens with one attached hydrogen (secondary N) is 1. The molecule has 6 nitrogen and oxygen atoms in total. The van der Waals surface area contributed by atoms with Crippen molar-refractivity contribution in [3.05, 3.63) is 18.2 Å². The summed E-state index contributed by atoms with van der Waals surface area (Å²) < 4.78 is 6.99. The molecule has 1 aliphatic heterocycles. The summed E-state index contributed by atoms with van der Waals surface area (Å²) in [5.41, 5.74) is 5.05. The third-order valence-corrected chi connectivity index (χ3v) is 2.83. The molecule has 0 aromatic carbocycles. The molecule has 2 rings (SSSR count). The Morgan fingerprint density at radius 3 is 3.19 bits per heavy atom. The normalized spacial score (nSPS) is 24.6. The average Bonchev–Trinajstić information content (AvgIpc) is 2.85. The van der Waals surface area contributed by atoms with Gasteiger partial charge in [0.05, 0.1) is 13.2 Å². The van der Waals surface area contributed by atoms with Gasteiger partial charge in [-0.25, -0.2) is 4.98 Å². The van der Waals surface area contributed by atoms with Crippen LogP contribution < -0.4 is 11.1 Å². The number of hydrogen-bond donors (Lipinski definition) is 2. The highest BCUT2D eigenvalue weighted by Gasteiger charge is 2.38. The Hall–Kier alpha value is -1.40. The van der Waals surface area contributed by atoms with Gasteiger partial charge in [0, 0.05) is 26.0 Å². The van der Waals surface area contributed by atoms with Gasteiger partial charge < -0.3 is 20.4 Å². The number of carbonyl (C=O) groups is 1. The van der Waals surface area contributed by atoms with Crippen LogP contribution in [0.4, 0.5) is 0 Å². The monoisotopic (exact) mass is 224 g/mol. The van der Waals surface area contributed by atoms with E-state index in [-0.39, 0.29) is 5.91 Å². The smallest absolute Gasteiger partial charge is 0.242 e. The lowest BCUT2D eigenvalue weighted by atomic mass is 9.99. The number of imidazole rings is 1. The molecule has 0 spiro atoms. The summed E-state index contributed by atoms with van der Waals surface area (Å²) >= 11 is 0. The van der Waals surface area contributed by atoms with Crippen molar-refractivity contribution >= 4 is 5.91 Å². The Kier molecular flexibility index (Phi) is 2.93. The van der Waals surface area contributed by atoms with Gasteiger partial charge in [0.15, 0.2) is 0 Å². The van der Waals surface area contributed by atoms with E-state index < -0.39 is 5.54 Å². The summed E-state index contributed by atoms with van der Waals surface area (Å²) in [4.78, 5) is 15.9. The first-order chi connectivity index (χ1) is 7.62. The highest BCUT2D eigenvalue weighted by atomic mass is 16.5. The minimum atomic E-state index is -0.870. The maximum atomic E-state index is 11.8. The summed E-state index contributed by atoms with van der Waals surface area (Å²) in [7, 11) is 1.88. The van der Waals surface area contributed by atoms with Crippen molar-refractivity contribution < 1.29 is 9.53 Å². The zero-order valence-corrected chi connectivity index (χ0v) is 9.27. The van der Waals surface area contributed by atoms with Crippen LogP contribution in [0.2, 0.25) is 0 Å². The Labute approximate surface area is 93.8 Å². The fourth-order valence-corrected chi connectivity index (χ4v) is 1.66. The fraction of sp³-hybridized carbons (Fsp3) is 0.600. The second-order valence-electron chi connectivity index (χ2n) is 4.10. The fourth-order valence-electron chi connectivity index (χ4n) is 1.66. The molecular formula is C10H16N4O2. The minimum Gasteiger partial charge on any atom is -0.379 e. The van der Waals surface area contributed by atoms with E-state index in [0.29, 0.717) is 26.2 Å². The largest absolute Gasteiger partial charge is 0.379 e. The first-order valence-corrected chi connectivity index (χ1v) is 5.23. The van der Waals surface area contributed by atoms with Crippen LogP contribution in [0.15, 0.2) is 12.4 Å². The number of carbonyl (C=O) groups excluding carboxylic acids is 1. The van der Waals surface area contributed by atoms with Gasteiger partial charge in [-0.2, -0.15) is 0 Å². The van der Waals surface area contributed by atoms with E-state index in [9.17, 15) is 4.79 Å². The average molecular weight is 224 g/mol. The van der Waals surface area contributed by atoms with E-state index in [2.05, 4.69) is 10.3 Å². The Balaban J connectivity index is 1.91. The van der Waals surface area contributed by atoms with Gasteiger partial charge in [0.1, 0.15) is 11.4 Å². The summed E-state index contributed by atoms with van der Waals surface area (Å²) in [6, 6.07) is 0. The molecule has 1 unspecified atom stereocenters. The molecule has 0 radical (unpaired) electrons. The first kappa shape index (κ1) is 11.1. The summed E-state index contributed by atoms with van der Waals surface area (Å²) in [5.74, 6) is 0.629. The lowest BCUT2D eigenvalue weighted by Gasteiger charge is -2.20. The summed E-state index contributed by atoms with van der Waals surface area (Å²) in [6.45, 7) is 1.23. The van der Waals surface area contributed by atoms with Crippen molar-refractivity contribution in [1.82, 2.24) is 14.9 Å². The van der Waals surface area contributed by atoms with E-state index in [1.807, 2.05) is 17.8 Å². The maximum absolute atomic E-state index is 11.8. The van der Waals surface area contributed by atoms with Gasteiger partial charge in [0.2, 0.25) is 5.91 Å². The van der Waals surface area contributed by atoms with Crippen LogP contribution in [0.5, 0.6) is 0 Å². The van der Waals surface area contributed by atoms with Crippen LogP contribution >= 0.6 is 0 Å². The number of hydrogen-bond acceptors (Lipinski definition) is 4. The quantitative estimate of drug-likeness (QED) is 0.701. The molecule has 0 bridgehead atoms. The SMILES string of the molecule is Cn1ccnc1CNC(=O)C1(N)CCOC1. The van der Waals surface area contributed by atoms with Crippen LogP contribution in [0, 0.1) is 0 Å². The zero-order chi connectivity index (χ0) is 11.6. The maximum Gasteiger partial charge on any atom is 0.242 e. The first-order valence-electron chi connectivity index (χ1n) is 5.23. The van der Waals surface area contributed by atoms with E-state index >= 15 is 0 Å². The van der Waals surface area contributed by atoms with Crippen molar-refractivity contribution in [3.63, 3.8) is 0 Å². The van der Waals surface area contributed by atoms with Crippen molar-refractivity contribution in [3.8, 4) is 0 Å². The molecule has 16 heavy (non-hydrogen) atoms. The van der Waals surface area contributed by atoms with Crippen LogP contribution in [-0.2, 0) is 23.1 Å². The van der Waals surface area contributed by atoms with Crippen LogP contribution in [0.1, 0.15) is 12.2 Å². The topological polar surface area (TPSA) is 82.2 Å². The molecule has 88 valence electrons. The van der Waals surface area contributed by atoms with Crippen molar-refractivity contribution in [1.29, 1.82) is 0 Å². The van der Waals surface area contributed by atoms with Crippen LogP contribution in [0.25, 0.3) is 0 Å². The third-order valence-electron chi connectivity index (χ3n) is 2.83. The predicted molar refractivity (Wildman–Crippen MR) is 57.4 cm³/mol. The lowest BCUT2D eigenvalue weighted by molar-refractivity contribution is -0.126.